The van der Waals surface area contributed by atoms with E-state index in [1.807, 2.05) is 68.5 Å². The zero-order valence-corrected chi connectivity index (χ0v) is 18.0. The fraction of sp³-hybridized carbons (Fsp3) is 0.160. The van der Waals surface area contributed by atoms with Gasteiger partial charge < -0.3 is 15.2 Å². The van der Waals surface area contributed by atoms with E-state index in [0.717, 1.165) is 33.5 Å². The molecule has 31 heavy (non-hydrogen) atoms. The van der Waals surface area contributed by atoms with Crippen molar-refractivity contribution in [1.29, 1.82) is 0 Å². The van der Waals surface area contributed by atoms with E-state index in [1.165, 1.54) is 6.92 Å². The van der Waals surface area contributed by atoms with Gasteiger partial charge in [0, 0.05) is 60.6 Å². The molecule has 6 heteroatoms. The van der Waals surface area contributed by atoms with Gasteiger partial charge in [-0.1, -0.05) is 12.1 Å². The molecule has 4 aromatic rings. The molecule has 0 bridgehead atoms. The van der Waals surface area contributed by atoms with Gasteiger partial charge in [-0.2, -0.15) is 0 Å². The molecule has 0 saturated carbocycles. The smallest absolute Gasteiger partial charge is 0.221 e. The van der Waals surface area contributed by atoms with E-state index in [9.17, 15) is 9.59 Å². The Morgan fingerprint density at radius 3 is 2.52 bits per heavy atom. The van der Waals surface area contributed by atoms with Crippen LogP contribution in [-0.4, -0.2) is 35.8 Å². The fourth-order valence-corrected chi connectivity index (χ4v) is 3.70. The predicted octanol–water partition coefficient (Wildman–Crippen LogP) is 4.79. The van der Waals surface area contributed by atoms with E-state index in [1.54, 1.807) is 18.2 Å². The molecule has 6 nitrogen and oxygen atoms in total. The van der Waals surface area contributed by atoms with Crippen LogP contribution in [0.3, 0.4) is 0 Å². The third-order valence-electron chi connectivity index (χ3n) is 5.08. The minimum atomic E-state index is -0.190. The number of amides is 1. The van der Waals surface area contributed by atoms with Gasteiger partial charge in [-0.3, -0.25) is 9.59 Å². The molecule has 0 saturated heterocycles. The predicted molar refractivity (Wildman–Crippen MR) is 125 cm³/mol. The molecular weight excluding hydrogens is 388 g/mol. The summed E-state index contributed by atoms with van der Waals surface area (Å²) < 4.78 is 0. The van der Waals surface area contributed by atoms with Gasteiger partial charge in [0.25, 0.3) is 0 Å². The van der Waals surface area contributed by atoms with Crippen LogP contribution in [0.1, 0.15) is 28.5 Å². The van der Waals surface area contributed by atoms with Crippen molar-refractivity contribution in [2.45, 2.75) is 13.8 Å². The highest BCUT2D eigenvalue weighted by molar-refractivity contribution is 6.11. The second-order valence-corrected chi connectivity index (χ2v) is 7.80. The molecule has 0 radical (unpaired) electrons. The lowest BCUT2D eigenvalue weighted by atomic mass is 9.95. The van der Waals surface area contributed by atoms with Gasteiger partial charge in [0.1, 0.15) is 5.82 Å². The van der Waals surface area contributed by atoms with E-state index < -0.39 is 0 Å². The lowest BCUT2D eigenvalue weighted by Gasteiger charge is -2.14. The number of hydrogen-bond donors (Lipinski definition) is 2. The zero-order chi connectivity index (χ0) is 22.1. The summed E-state index contributed by atoms with van der Waals surface area (Å²) in [5.41, 5.74) is 5.27. The van der Waals surface area contributed by atoms with Gasteiger partial charge in [-0.15, -0.1) is 0 Å². The second kappa shape index (κ2) is 8.07. The number of benzene rings is 2. The molecule has 156 valence electrons. The number of pyridine rings is 1. The molecule has 0 spiro atoms. The number of aryl methyl sites for hydroxylation is 1. The van der Waals surface area contributed by atoms with Crippen molar-refractivity contribution in [1.82, 2.24) is 9.97 Å². The van der Waals surface area contributed by atoms with Crippen LogP contribution in [0.2, 0.25) is 0 Å². The van der Waals surface area contributed by atoms with Gasteiger partial charge in [-0.25, -0.2) is 4.98 Å². The fourth-order valence-electron chi connectivity index (χ4n) is 3.70. The van der Waals surface area contributed by atoms with Gasteiger partial charge in [-0.05, 0) is 60.5 Å². The van der Waals surface area contributed by atoms with E-state index in [-0.39, 0.29) is 11.7 Å². The second-order valence-electron chi connectivity index (χ2n) is 7.80. The number of anilines is 2. The van der Waals surface area contributed by atoms with Crippen LogP contribution in [0.4, 0.5) is 11.5 Å². The number of fused-ring (bicyclic) bond motifs is 1. The van der Waals surface area contributed by atoms with E-state index >= 15 is 0 Å². The molecule has 0 unspecified atom stereocenters. The van der Waals surface area contributed by atoms with Gasteiger partial charge >= 0.3 is 0 Å². The maximum atomic E-state index is 13.4. The summed E-state index contributed by atoms with van der Waals surface area (Å²) in [6.45, 7) is 3.33. The van der Waals surface area contributed by atoms with Gasteiger partial charge in [0.15, 0.2) is 5.78 Å². The molecule has 4 rings (SSSR count). The number of rotatable bonds is 5. The number of ketones is 1. The summed E-state index contributed by atoms with van der Waals surface area (Å²) in [5.74, 6) is 0.409. The van der Waals surface area contributed by atoms with Gasteiger partial charge in [0.05, 0.1) is 0 Å². The summed E-state index contributed by atoms with van der Waals surface area (Å²) in [4.78, 5) is 34.7. The first kappa shape index (κ1) is 20.3. The van der Waals surface area contributed by atoms with Crippen molar-refractivity contribution in [3.63, 3.8) is 0 Å². The minimum absolute atomic E-state index is 0.122. The standard InChI is InChI=1S/C25H24N4O2/c1-15-10-18(14-24(27-15)29(3)4)25(31)19-11-17(12-20(13-19)28-16(2)30)21-6-5-7-23-22(21)8-9-26-23/h5-14,26H,1-4H3,(H,28,30). The molecule has 0 aliphatic rings. The Kier molecular flexibility index (Phi) is 5.29. The lowest BCUT2D eigenvalue weighted by molar-refractivity contribution is -0.114. The third-order valence-corrected chi connectivity index (χ3v) is 5.08. The van der Waals surface area contributed by atoms with Crippen molar-refractivity contribution < 1.29 is 9.59 Å². The molecule has 1 amide bonds. The SMILES string of the molecule is CC(=O)Nc1cc(C(=O)c2cc(C)nc(N(C)C)c2)cc(-c2cccc3[nH]ccc23)c1. The first-order valence-corrected chi connectivity index (χ1v) is 10.0. The van der Waals surface area contributed by atoms with Crippen LogP contribution >= 0.6 is 0 Å². The Balaban J connectivity index is 1.86. The van der Waals surface area contributed by atoms with Crippen molar-refractivity contribution >= 4 is 34.1 Å². The van der Waals surface area contributed by atoms with Crippen molar-refractivity contribution in [2.75, 3.05) is 24.3 Å². The summed E-state index contributed by atoms with van der Waals surface area (Å²) in [7, 11) is 3.78. The van der Waals surface area contributed by atoms with E-state index in [4.69, 9.17) is 0 Å². The lowest BCUT2D eigenvalue weighted by Crippen LogP contribution is -2.13. The van der Waals surface area contributed by atoms with Crippen LogP contribution in [0, 0.1) is 6.92 Å². The van der Waals surface area contributed by atoms with Crippen LogP contribution in [-0.2, 0) is 4.79 Å². The summed E-state index contributed by atoms with van der Waals surface area (Å²) in [5, 5.41) is 3.88. The normalized spacial score (nSPS) is 10.8. The Morgan fingerprint density at radius 1 is 1.00 bits per heavy atom. The van der Waals surface area contributed by atoms with E-state index in [2.05, 4.69) is 15.3 Å². The topological polar surface area (TPSA) is 78.1 Å². The summed E-state index contributed by atoms with van der Waals surface area (Å²) >= 11 is 0. The largest absolute Gasteiger partial charge is 0.363 e. The highest BCUT2D eigenvalue weighted by Crippen LogP contribution is 2.32. The van der Waals surface area contributed by atoms with Crippen molar-refractivity contribution in [2.24, 2.45) is 0 Å². The van der Waals surface area contributed by atoms with E-state index in [0.29, 0.717) is 16.8 Å². The number of H-pyrrole nitrogens is 1. The molecule has 0 aliphatic carbocycles. The number of aromatic nitrogens is 2. The summed E-state index contributed by atoms with van der Waals surface area (Å²) in [6, 6.07) is 17.0. The minimum Gasteiger partial charge on any atom is -0.363 e. The molecule has 0 atom stereocenters. The maximum Gasteiger partial charge on any atom is 0.221 e. The number of nitrogens with zero attached hydrogens (tertiary/aromatic N) is 2. The molecule has 2 N–H and O–H groups in total. The number of hydrogen-bond acceptors (Lipinski definition) is 4. The average molecular weight is 412 g/mol. The van der Waals surface area contributed by atoms with Crippen LogP contribution < -0.4 is 10.2 Å². The quantitative estimate of drug-likeness (QED) is 0.462. The molecule has 0 fully saturated rings. The Labute approximate surface area is 180 Å². The zero-order valence-electron chi connectivity index (χ0n) is 18.0. The number of nitrogens with one attached hydrogen (secondary N) is 2. The Hall–Kier alpha value is -3.93. The molecule has 2 heterocycles. The molecule has 0 aliphatic heterocycles. The third kappa shape index (κ3) is 4.19. The van der Waals surface area contributed by atoms with Crippen molar-refractivity contribution in [3.8, 4) is 11.1 Å². The Bertz CT molecular complexity index is 1300. The number of carbonyl (C=O) groups excluding carboxylic acids is 2. The Morgan fingerprint density at radius 2 is 1.77 bits per heavy atom. The van der Waals surface area contributed by atoms with Gasteiger partial charge in [0.2, 0.25) is 5.91 Å². The highest BCUT2D eigenvalue weighted by Gasteiger charge is 2.16. The molecule has 2 aromatic carbocycles. The van der Waals surface area contributed by atoms with Crippen LogP contribution in [0.25, 0.3) is 22.0 Å². The first-order chi connectivity index (χ1) is 14.8. The van der Waals surface area contributed by atoms with Crippen LogP contribution in [0.5, 0.6) is 0 Å². The van der Waals surface area contributed by atoms with Crippen LogP contribution in [0.15, 0.2) is 60.8 Å². The monoisotopic (exact) mass is 412 g/mol. The maximum absolute atomic E-state index is 13.4. The highest BCUT2D eigenvalue weighted by atomic mass is 16.1. The molecule has 2 aromatic heterocycles. The number of aromatic amines is 1. The van der Waals surface area contributed by atoms with Crippen molar-refractivity contribution in [3.05, 3.63) is 77.6 Å². The summed E-state index contributed by atoms with van der Waals surface area (Å²) in [6.07, 6.45) is 1.89. The first-order valence-electron chi connectivity index (χ1n) is 10.0. The molecular formula is C25H24N4O2. The average Bonchev–Trinajstić information content (AvgIpc) is 3.21. The number of carbonyl (C=O) groups is 2.